The summed E-state index contributed by atoms with van der Waals surface area (Å²) in [6.45, 7) is 6.15. The minimum atomic E-state index is -0.275. The van der Waals surface area contributed by atoms with E-state index in [0.29, 0.717) is 11.4 Å². The van der Waals surface area contributed by atoms with Crippen LogP contribution in [0.2, 0.25) is 5.02 Å². The van der Waals surface area contributed by atoms with Gasteiger partial charge in [-0.15, -0.1) is 0 Å². The van der Waals surface area contributed by atoms with Gasteiger partial charge in [0, 0.05) is 23.0 Å². The van der Waals surface area contributed by atoms with E-state index in [1.54, 1.807) is 0 Å². The molecular formula is C16H23ClN2O. The Morgan fingerprint density at radius 3 is 2.55 bits per heavy atom. The first-order chi connectivity index (χ1) is 9.32. The Kier molecular flexibility index (Phi) is 4.40. The molecule has 0 radical (unpaired) electrons. The maximum absolute atomic E-state index is 12.5. The molecule has 1 saturated heterocycles. The van der Waals surface area contributed by atoms with Crippen molar-refractivity contribution in [1.29, 1.82) is 0 Å². The zero-order chi connectivity index (χ0) is 14.9. The van der Waals surface area contributed by atoms with Crippen LogP contribution in [0.4, 0.5) is 0 Å². The van der Waals surface area contributed by atoms with Gasteiger partial charge in [-0.2, -0.15) is 0 Å². The van der Waals surface area contributed by atoms with Crippen molar-refractivity contribution >= 4 is 17.5 Å². The molecule has 4 heteroatoms. The molecule has 20 heavy (non-hydrogen) atoms. The zero-order valence-corrected chi connectivity index (χ0v) is 13.2. The molecule has 0 aliphatic carbocycles. The average molecular weight is 295 g/mol. The van der Waals surface area contributed by atoms with Gasteiger partial charge in [-0.3, -0.25) is 4.79 Å². The second kappa shape index (κ2) is 5.74. The van der Waals surface area contributed by atoms with E-state index in [1.165, 1.54) is 0 Å². The Morgan fingerprint density at radius 2 is 1.95 bits per heavy atom. The highest BCUT2D eigenvalue weighted by atomic mass is 35.5. The summed E-state index contributed by atoms with van der Waals surface area (Å²) in [6, 6.07) is 7.45. The Hall–Kier alpha value is -1.06. The summed E-state index contributed by atoms with van der Waals surface area (Å²) in [5, 5.41) is 0.678. The minimum absolute atomic E-state index is 0.0828. The summed E-state index contributed by atoms with van der Waals surface area (Å²) in [4.78, 5) is 14.5. The first-order valence-electron chi connectivity index (χ1n) is 7.14. The molecule has 2 unspecified atom stereocenters. The van der Waals surface area contributed by atoms with E-state index in [0.717, 1.165) is 18.4 Å². The second-order valence-electron chi connectivity index (χ2n) is 6.46. The Balaban J connectivity index is 2.53. The largest absolute Gasteiger partial charge is 0.329 e. The quantitative estimate of drug-likeness (QED) is 0.861. The molecular weight excluding hydrogens is 272 g/mol. The minimum Gasteiger partial charge on any atom is -0.329 e. The molecule has 1 amide bonds. The van der Waals surface area contributed by atoms with Crippen LogP contribution in [0.15, 0.2) is 24.3 Å². The first kappa shape index (κ1) is 15.3. The molecule has 0 saturated carbocycles. The van der Waals surface area contributed by atoms with Crippen LogP contribution in [-0.2, 0) is 4.79 Å². The highest BCUT2D eigenvalue weighted by Gasteiger charge is 2.39. The maximum atomic E-state index is 12.5. The molecule has 110 valence electrons. The van der Waals surface area contributed by atoms with Gasteiger partial charge in [0.25, 0.3) is 0 Å². The molecule has 1 aromatic carbocycles. The van der Waals surface area contributed by atoms with Gasteiger partial charge in [0.1, 0.15) is 0 Å². The summed E-state index contributed by atoms with van der Waals surface area (Å²) >= 11 is 6.35. The van der Waals surface area contributed by atoms with E-state index in [-0.39, 0.29) is 23.5 Å². The first-order valence-corrected chi connectivity index (χ1v) is 7.52. The van der Waals surface area contributed by atoms with E-state index in [4.69, 9.17) is 17.3 Å². The summed E-state index contributed by atoms with van der Waals surface area (Å²) in [5.74, 6) is 0.162. The SMILES string of the molecule is CC(C)(C)N1C(=O)CCCC(N)C1c1ccccc1Cl. The number of amides is 1. The van der Waals surface area contributed by atoms with Crippen LogP contribution in [-0.4, -0.2) is 22.4 Å². The van der Waals surface area contributed by atoms with Crippen LogP contribution in [0.1, 0.15) is 51.6 Å². The molecule has 0 spiro atoms. The van der Waals surface area contributed by atoms with Gasteiger partial charge in [0.15, 0.2) is 0 Å². The van der Waals surface area contributed by atoms with Crippen LogP contribution in [0.3, 0.4) is 0 Å². The number of rotatable bonds is 1. The van der Waals surface area contributed by atoms with Crippen molar-refractivity contribution in [2.24, 2.45) is 5.73 Å². The molecule has 0 bridgehead atoms. The molecule has 2 atom stereocenters. The molecule has 1 heterocycles. The smallest absolute Gasteiger partial charge is 0.223 e. The predicted molar refractivity (Wildman–Crippen MR) is 82.6 cm³/mol. The fourth-order valence-electron chi connectivity index (χ4n) is 2.99. The third kappa shape index (κ3) is 2.99. The Bertz CT molecular complexity index is 495. The average Bonchev–Trinajstić information content (AvgIpc) is 2.48. The topological polar surface area (TPSA) is 46.3 Å². The van der Waals surface area contributed by atoms with Crippen LogP contribution in [0, 0.1) is 0 Å². The Morgan fingerprint density at radius 1 is 1.30 bits per heavy atom. The fraction of sp³-hybridized carbons (Fsp3) is 0.562. The lowest BCUT2D eigenvalue weighted by atomic mass is 9.92. The second-order valence-corrected chi connectivity index (χ2v) is 6.86. The lowest BCUT2D eigenvalue weighted by Gasteiger charge is -2.43. The monoisotopic (exact) mass is 294 g/mol. The summed E-state index contributed by atoms with van der Waals surface area (Å²) < 4.78 is 0. The van der Waals surface area contributed by atoms with Gasteiger partial charge in [0.05, 0.1) is 6.04 Å². The van der Waals surface area contributed by atoms with Gasteiger partial charge >= 0.3 is 0 Å². The number of halogens is 1. The van der Waals surface area contributed by atoms with Crippen molar-refractivity contribution in [2.75, 3.05) is 0 Å². The molecule has 0 aromatic heterocycles. The van der Waals surface area contributed by atoms with Crippen molar-refractivity contribution in [3.63, 3.8) is 0 Å². The third-order valence-electron chi connectivity index (χ3n) is 3.83. The van der Waals surface area contributed by atoms with Crippen molar-refractivity contribution in [3.05, 3.63) is 34.9 Å². The Labute approximate surface area is 126 Å². The number of benzene rings is 1. The van der Waals surface area contributed by atoms with Crippen LogP contribution >= 0.6 is 11.6 Å². The lowest BCUT2D eigenvalue weighted by molar-refractivity contribution is -0.139. The number of hydrogen-bond acceptors (Lipinski definition) is 2. The normalized spacial score (nSPS) is 24.6. The van der Waals surface area contributed by atoms with E-state index in [2.05, 4.69) is 0 Å². The van der Waals surface area contributed by atoms with Gasteiger partial charge in [0.2, 0.25) is 5.91 Å². The molecule has 2 N–H and O–H groups in total. The molecule has 3 nitrogen and oxygen atoms in total. The van der Waals surface area contributed by atoms with E-state index in [1.807, 2.05) is 49.9 Å². The highest BCUT2D eigenvalue weighted by Crippen LogP contribution is 2.38. The number of likely N-dealkylation sites (tertiary alicyclic amines) is 1. The van der Waals surface area contributed by atoms with Crippen molar-refractivity contribution in [1.82, 2.24) is 4.90 Å². The number of carbonyl (C=O) groups is 1. The lowest BCUT2D eigenvalue weighted by Crippen LogP contribution is -2.51. The standard InChI is InChI=1S/C16H23ClN2O/c1-16(2,3)19-14(20)10-6-9-13(18)15(19)11-7-4-5-8-12(11)17/h4-5,7-8,13,15H,6,9-10,18H2,1-3H3. The van der Waals surface area contributed by atoms with Crippen molar-refractivity contribution in [3.8, 4) is 0 Å². The fourth-order valence-corrected chi connectivity index (χ4v) is 3.24. The number of nitrogens with zero attached hydrogens (tertiary/aromatic N) is 1. The van der Waals surface area contributed by atoms with Crippen molar-refractivity contribution in [2.45, 2.75) is 57.7 Å². The van der Waals surface area contributed by atoms with Crippen molar-refractivity contribution < 1.29 is 4.79 Å². The van der Waals surface area contributed by atoms with E-state index >= 15 is 0 Å². The van der Waals surface area contributed by atoms with E-state index < -0.39 is 0 Å². The van der Waals surface area contributed by atoms with Crippen LogP contribution < -0.4 is 5.73 Å². The number of nitrogens with two attached hydrogens (primary N) is 1. The van der Waals surface area contributed by atoms with Gasteiger partial charge in [-0.1, -0.05) is 29.8 Å². The molecule has 2 rings (SSSR count). The molecule has 1 aliphatic rings. The van der Waals surface area contributed by atoms with Gasteiger partial charge in [-0.05, 0) is 45.2 Å². The molecule has 1 fully saturated rings. The van der Waals surface area contributed by atoms with Crippen LogP contribution in [0.25, 0.3) is 0 Å². The zero-order valence-electron chi connectivity index (χ0n) is 12.4. The highest BCUT2D eigenvalue weighted by molar-refractivity contribution is 6.31. The van der Waals surface area contributed by atoms with Gasteiger partial charge in [-0.25, -0.2) is 0 Å². The predicted octanol–water partition coefficient (Wildman–Crippen LogP) is 3.52. The van der Waals surface area contributed by atoms with Gasteiger partial charge < -0.3 is 10.6 Å². The number of hydrogen-bond donors (Lipinski definition) is 1. The molecule has 1 aromatic rings. The number of carbonyl (C=O) groups excluding carboxylic acids is 1. The summed E-state index contributed by atoms with van der Waals surface area (Å²) in [7, 11) is 0. The van der Waals surface area contributed by atoms with Crippen LogP contribution in [0.5, 0.6) is 0 Å². The summed E-state index contributed by atoms with van der Waals surface area (Å²) in [5.41, 5.74) is 7.05. The molecule has 1 aliphatic heterocycles. The summed E-state index contributed by atoms with van der Waals surface area (Å²) in [6.07, 6.45) is 2.24. The maximum Gasteiger partial charge on any atom is 0.223 e. The third-order valence-corrected chi connectivity index (χ3v) is 4.17. The van der Waals surface area contributed by atoms with E-state index in [9.17, 15) is 4.79 Å².